The van der Waals surface area contributed by atoms with Crippen LogP contribution in [0.3, 0.4) is 0 Å². The molecule has 0 aliphatic rings. The van der Waals surface area contributed by atoms with Gasteiger partial charge in [0.2, 0.25) is 0 Å². The predicted octanol–water partition coefficient (Wildman–Crippen LogP) is 4.38. The summed E-state index contributed by atoms with van der Waals surface area (Å²) in [6, 6.07) is 7.76. The molecule has 1 aromatic carbocycles. The number of rotatable bonds is 3. The molecule has 118 valence electrons. The Bertz CT molecular complexity index is 654. The molecular weight excluding hydrogens is 294 g/mol. The monoisotopic (exact) mass is 317 g/mol. The van der Waals surface area contributed by atoms with Gasteiger partial charge in [0.05, 0.1) is 17.2 Å². The van der Waals surface area contributed by atoms with Gasteiger partial charge in [-0.3, -0.25) is 0 Å². The largest absolute Gasteiger partial charge is 0.333 e. The molecule has 2 N–H and O–H groups in total. The second kappa shape index (κ2) is 6.48. The van der Waals surface area contributed by atoms with Crippen LogP contribution in [0.25, 0.3) is 0 Å². The molecule has 4 nitrogen and oxygen atoms in total. The predicted molar refractivity (Wildman–Crippen MR) is 92.6 cm³/mol. The quantitative estimate of drug-likeness (QED) is 0.882. The van der Waals surface area contributed by atoms with Crippen LogP contribution in [0.15, 0.2) is 24.3 Å². The molecule has 1 aromatic heterocycles. The van der Waals surface area contributed by atoms with E-state index in [9.17, 15) is 4.79 Å². The molecule has 22 heavy (non-hydrogen) atoms. The number of urea groups is 1. The molecule has 0 fully saturated rings. The van der Waals surface area contributed by atoms with Crippen LogP contribution >= 0.6 is 11.3 Å². The average Bonchev–Trinajstić information content (AvgIpc) is 2.74. The Hall–Kier alpha value is -1.88. The first-order chi connectivity index (χ1) is 10.3. The number of carbonyl (C=O) groups is 1. The van der Waals surface area contributed by atoms with E-state index in [0.717, 1.165) is 21.3 Å². The summed E-state index contributed by atoms with van der Waals surface area (Å²) < 4.78 is 0. The van der Waals surface area contributed by atoms with E-state index >= 15 is 0 Å². The number of aryl methyl sites for hydroxylation is 2. The van der Waals surface area contributed by atoms with Crippen LogP contribution in [0.4, 0.5) is 10.5 Å². The molecule has 1 heterocycles. The van der Waals surface area contributed by atoms with Crippen molar-refractivity contribution < 1.29 is 4.79 Å². The van der Waals surface area contributed by atoms with E-state index in [-0.39, 0.29) is 11.4 Å². The fourth-order valence-corrected chi connectivity index (χ4v) is 3.00. The summed E-state index contributed by atoms with van der Waals surface area (Å²) in [5.74, 6) is 0. The van der Waals surface area contributed by atoms with E-state index < -0.39 is 0 Å². The lowest BCUT2D eigenvalue weighted by molar-refractivity contribution is 0.252. The fourth-order valence-electron chi connectivity index (χ4n) is 2.13. The van der Waals surface area contributed by atoms with Crippen molar-refractivity contribution in [2.24, 2.45) is 0 Å². The first-order valence-electron chi connectivity index (χ1n) is 7.34. The van der Waals surface area contributed by atoms with Crippen molar-refractivity contribution in [3.63, 3.8) is 0 Å². The maximum Gasteiger partial charge on any atom is 0.319 e. The first-order valence-corrected chi connectivity index (χ1v) is 8.15. The van der Waals surface area contributed by atoms with Crippen molar-refractivity contribution in [1.82, 2.24) is 10.3 Å². The summed E-state index contributed by atoms with van der Waals surface area (Å²) in [5, 5.41) is 6.74. The summed E-state index contributed by atoms with van der Waals surface area (Å²) in [7, 11) is 0. The number of amides is 2. The van der Waals surface area contributed by atoms with Crippen LogP contribution in [0.1, 0.15) is 41.9 Å². The lowest BCUT2D eigenvalue weighted by atomic mass is 9.87. The number of anilines is 1. The standard InChI is InChI=1S/C17H23N3OS/c1-11-15(22-12(2)19-11)10-18-16(21)20-14-8-6-13(7-9-14)17(3,4)5/h6-9H,10H2,1-5H3,(H2,18,20,21). The van der Waals surface area contributed by atoms with E-state index in [0.29, 0.717) is 6.54 Å². The molecule has 0 atom stereocenters. The van der Waals surface area contributed by atoms with Gasteiger partial charge in [0.1, 0.15) is 0 Å². The number of thiazole rings is 1. The molecule has 2 aromatic rings. The summed E-state index contributed by atoms with van der Waals surface area (Å²) in [6.45, 7) is 10.9. The third kappa shape index (κ3) is 4.31. The third-order valence-corrected chi connectivity index (χ3v) is 4.49. The number of benzene rings is 1. The minimum atomic E-state index is -0.200. The lowest BCUT2D eigenvalue weighted by Crippen LogP contribution is -2.28. The normalized spacial score (nSPS) is 11.3. The Morgan fingerprint density at radius 3 is 2.32 bits per heavy atom. The van der Waals surface area contributed by atoms with Crippen molar-refractivity contribution in [3.8, 4) is 0 Å². The fraction of sp³-hybridized carbons (Fsp3) is 0.412. The number of nitrogens with one attached hydrogen (secondary N) is 2. The van der Waals surface area contributed by atoms with Gasteiger partial charge in [0.15, 0.2) is 0 Å². The van der Waals surface area contributed by atoms with E-state index in [1.807, 2.05) is 38.1 Å². The van der Waals surface area contributed by atoms with Crippen LogP contribution in [-0.4, -0.2) is 11.0 Å². The SMILES string of the molecule is Cc1nc(C)c(CNC(=O)Nc2ccc(C(C)(C)C)cc2)s1. The van der Waals surface area contributed by atoms with Crippen molar-refractivity contribution in [2.75, 3.05) is 5.32 Å². The zero-order valence-electron chi connectivity index (χ0n) is 13.8. The molecule has 5 heteroatoms. The zero-order valence-corrected chi connectivity index (χ0v) is 14.6. The van der Waals surface area contributed by atoms with E-state index in [4.69, 9.17) is 0 Å². The van der Waals surface area contributed by atoms with Gasteiger partial charge in [-0.15, -0.1) is 11.3 Å². The van der Waals surface area contributed by atoms with Gasteiger partial charge in [0, 0.05) is 10.6 Å². The number of nitrogens with zero attached hydrogens (tertiary/aromatic N) is 1. The van der Waals surface area contributed by atoms with Gasteiger partial charge in [-0.2, -0.15) is 0 Å². The Labute approximate surface area is 136 Å². The number of hydrogen-bond acceptors (Lipinski definition) is 3. The second-order valence-electron chi connectivity index (χ2n) is 6.38. The molecule has 0 saturated heterocycles. The Morgan fingerprint density at radius 1 is 1.18 bits per heavy atom. The molecule has 2 amide bonds. The highest BCUT2D eigenvalue weighted by atomic mass is 32.1. The van der Waals surface area contributed by atoms with E-state index in [1.54, 1.807) is 11.3 Å². The topological polar surface area (TPSA) is 54.0 Å². The highest BCUT2D eigenvalue weighted by molar-refractivity contribution is 7.11. The number of carbonyl (C=O) groups excluding carboxylic acids is 1. The van der Waals surface area contributed by atoms with Crippen molar-refractivity contribution in [1.29, 1.82) is 0 Å². The summed E-state index contributed by atoms with van der Waals surface area (Å²) in [4.78, 5) is 17.4. The van der Waals surface area contributed by atoms with Crippen LogP contribution in [0.2, 0.25) is 0 Å². The highest BCUT2D eigenvalue weighted by Gasteiger charge is 2.13. The molecule has 0 unspecified atom stereocenters. The first kappa shape index (κ1) is 16.5. The van der Waals surface area contributed by atoms with Crippen LogP contribution in [-0.2, 0) is 12.0 Å². The third-order valence-electron chi connectivity index (χ3n) is 3.42. The molecule has 2 rings (SSSR count). The van der Waals surface area contributed by atoms with Crippen molar-refractivity contribution in [3.05, 3.63) is 45.4 Å². The Morgan fingerprint density at radius 2 is 1.82 bits per heavy atom. The summed E-state index contributed by atoms with van der Waals surface area (Å²) >= 11 is 1.61. The van der Waals surface area contributed by atoms with Crippen LogP contribution in [0.5, 0.6) is 0 Å². The van der Waals surface area contributed by atoms with Gasteiger partial charge >= 0.3 is 6.03 Å². The summed E-state index contributed by atoms with van der Waals surface area (Å²) in [5.41, 5.74) is 3.14. The zero-order chi connectivity index (χ0) is 16.3. The number of aromatic nitrogens is 1. The number of hydrogen-bond donors (Lipinski definition) is 2. The molecule has 0 saturated carbocycles. The van der Waals surface area contributed by atoms with Crippen LogP contribution in [0, 0.1) is 13.8 Å². The molecular formula is C17H23N3OS. The minimum absolute atomic E-state index is 0.113. The highest BCUT2D eigenvalue weighted by Crippen LogP contribution is 2.23. The van der Waals surface area contributed by atoms with E-state index in [1.165, 1.54) is 5.56 Å². The smallest absolute Gasteiger partial charge is 0.319 e. The molecule has 0 spiro atoms. The lowest BCUT2D eigenvalue weighted by Gasteiger charge is -2.19. The van der Waals surface area contributed by atoms with Gasteiger partial charge in [-0.1, -0.05) is 32.9 Å². The van der Waals surface area contributed by atoms with Crippen molar-refractivity contribution in [2.45, 2.75) is 46.6 Å². The van der Waals surface area contributed by atoms with Gasteiger partial charge in [0.25, 0.3) is 0 Å². The maximum absolute atomic E-state index is 11.9. The molecule has 0 aliphatic carbocycles. The Balaban J connectivity index is 1.91. The van der Waals surface area contributed by atoms with Crippen molar-refractivity contribution >= 4 is 23.1 Å². The molecule has 0 bridgehead atoms. The average molecular weight is 317 g/mol. The summed E-state index contributed by atoms with van der Waals surface area (Å²) in [6.07, 6.45) is 0. The van der Waals surface area contributed by atoms with Gasteiger partial charge in [-0.25, -0.2) is 9.78 Å². The van der Waals surface area contributed by atoms with E-state index in [2.05, 4.69) is 36.4 Å². The van der Waals surface area contributed by atoms with Gasteiger partial charge < -0.3 is 10.6 Å². The molecule has 0 aliphatic heterocycles. The molecule has 0 radical (unpaired) electrons. The second-order valence-corrected chi connectivity index (χ2v) is 7.66. The Kier molecular flexibility index (Phi) is 4.86. The van der Waals surface area contributed by atoms with Crippen LogP contribution < -0.4 is 10.6 Å². The minimum Gasteiger partial charge on any atom is -0.333 e. The van der Waals surface area contributed by atoms with Gasteiger partial charge in [-0.05, 0) is 37.0 Å². The maximum atomic E-state index is 11.9.